The second-order valence-electron chi connectivity index (χ2n) is 9.92. The molecular weight excluding hydrogens is 392 g/mol. The maximum absolute atomic E-state index is 13.3. The first-order valence-electron chi connectivity index (χ1n) is 11.6. The van der Waals surface area contributed by atoms with Gasteiger partial charge in [-0.1, -0.05) is 12.2 Å². The van der Waals surface area contributed by atoms with Crippen molar-refractivity contribution in [2.24, 2.45) is 41.4 Å². The van der Waals surface area contributed by atoms with Crippen molar-refractivity contribution in [2.75, 3.05) is 12.4 Å². The van der Waals surface area contributed by atoms with E-state index in [4.69, 9.17) is 4.74 Å². The number of carbonyl (C=O) groups is 3. The third kappa shape index (κ3) is 2.87. The van der Waals surface area contributed by atoms with Gasteiger partial charge in [-0.3, -0.25) is 19.3 Å². The van der Waals surface area contributed by atoms with Crippen LogP contribution in [0, 0.1) is 41.4 Å². The van der Waals surface area contributed by atoms with Crippen molar-refractivity contribution in [2.45, 2.75) is 38.1 Å². The van der Waals surface area contributed by atoms with Crippen LogP contribution in [0.15, 0.2) is 36.4 Å². The molecule has 1 heterocycles. The third-order valence-electron chi connectivity index (χ3n) is 8.49. The largest absolute Gasteiger partial charge is 0.497 e. The molecule has 3 saturated carbocycles. The first-order valence-corrected chi connectivity index (χ1v) is 11.6. The summed E-state index contributed by atoms with van der Waals surface area (Å²) in [4.78, 5) is 40.9. The smallest absolute Gasteiger partial charge is 0.233 e. The van der Waals surface area contributed by atoms with E-state index < -0.39 is 0 Å². The SMILES string of the molecule is COc1ccc(NC(=O)C2CCC(N3C(=O)[C@H]4[C@@H]5C=C[C@H]([C@H]6C[C@H]56)[C@@H]4C3=O)CC2)cc1. The molecule has 6 heteroatoms. The van der Waals surface area contributed by atoms with Gasteiger partial charge in [0, 0.05) is 17.6 Å². The summed E-state index contributed by atoms with van der Waals surface area (Å²) >= 11 is 0. The highest BCUT2D eigenvalue weighted by Gasteiger charge is 2.67. The Morgan fingerprint density at radius 2 is 1.52 bits per heavy atom. The van der Waals surface area contributed by atoms with Crippen molar-refractivity contribution in [1.82, 2.24) is 4.90 Å². The van der Waals surface area contributed by atoms with E-state index in [-0.39, 0.29) is 53.4 Å². The van der Waals surface area contributed by atoms with E-state index in [1.54, 1.807) is 12.0 Å². The predicted molar refractivity (Wildman–Crippen MR) is 114 cm³/mol. The van der Waals surface area contributed by atoms with Gasteiger partial charge in [-0.25, -0.2) is 0 Å². The van der Waals surface area contributed by atoms with Crippen molar-refractivity contribution in [1.29, 1.82) is 0 Å². The van der Waals surface area contributed by atoms with Gasteiger partial charge in [0.05, 0.1) is 18.9 Å². The fourth-order valence-corrected chi connectivity index (χ4v) is 6.85. The molecule has 6 aliphatic rings. The third-order valence-corrected chi connectivity index (χ3v) is 8.49. The van der Waals surface area contributed by atoms with Crippen LogP contribution in [0.4, 0.5) is 5.69 Å². The van der Waals surface area contributed by atoms with Gasteiger partial charge in [0.2, 0.25) is 17.7 Å². The molecule has 162 valence electrons. The van der Waals surface area contributed by atoms with Gasteiger partial charge in [-0.15, -0.1) is 0 Å². The molecule has 31 heavy (non-hydrogen) atoms. The molecule has 1 aromatic carbocycles. The van der Waals surface area contributed by atoms with Crippen LogP contribution in [-0.2, 0) is 14.4 Å². The van der Waals surface area contributed by atoms with E-state index in [9.17, 15) is 14.4 Å². The first-order chi connectivity index (χ1) is 15.1. The van der Waals surface area contributed by atoms with E-state index in [0.29, 0.717) is 37.5 Å². The Balaban J connectivity index is 1.09. The number of amides is 3. The van der Waals surface area contributed by atoms with E-state index >= 15 is 0 Å². The number of nitrogens with one attached hydrogen (secondary N) is 1. The molecule has 6 atom stereocenters. The summed E-state index contributed by atoms with van der Waals surface area (Å²) in [7, 11) is 1.61. The lowest BCUT2D eigenvalue weighted by Crippen LogP contribution is -2.44. The minimum Gasteiger partial charge on any atom is -0.497 e. The van der Waals surface area contributed by atoms with E-state index in [2.05, 4.69) is 17.5 Å². The van der Waals surface area contributed by atoms with Crippen LogP contribution in [0.5, 0.6) is 5.75 Å². The number of likely N-dealkylation sites (tertiary alicyclic amines) is 1. The maximum Gasteiger partial charge on any atom is 0.233 e. The van der Waals surface area contributed by atoms with Crippen molar-refractivity contribution >= 4 is 23.4 Å². The number of benzene rings is 1. The number of hydrogen-bond acceptors (Lipinski definition) is 4. The highest BCUT2D eigenvalue weighted by atomic mass is 16.5. The predicted octanol–water partition coefficient (Wildman–Crippen LogP) is 3.25. The summed E-state index contributed by atoms with van der Waals surface area (Å²) in [5.41, 5.74) is 0.753. The van der Waals surface area contributed by atoms with Crippen LogP contribution < -0.4 is 10.1 Å². The molecule has 1 aromatic rings. The van der Waals surface area contributed by atoms with Gasteiger partial charge in [-0.2, -0.15) is 0 Å². The van der Waals surface area contributed by atoms with Gasteiger partial charge in [0.1, 0.15) is 5.75 Å². The van der Waals surface area contributed by atoms with Gasteiger partial charge < -0.3 is 10.1 Å². The Morgan fingerprint density at radius 1 is 0.935 bits per heavy atom. The Morgan fingerprint density at radius 3 is 2.06 bits per heavy atom. The van der Waals surface area contributed by atoms with Gasteiger partial charge in [0.15, 0.2) is 0 Å². The second kappa shape index (κ2) is 6.94. The molecule has 1 N–H and O–H groups in total. The molecule has 1 aliphatic heterocycles. The molecule has 7 rings (SSSR count). The van der Waals surface area contributed by atoms with Crippen LogP contribution in [0.3, 0.4) is 0 Å². The second-order valence-corrected chi connectivity index (χ2v) is 9.92. The summed E-state index contributed by atoms with van der Waals surface area (Å²) in [6.45, 7) is 0. The number of nitrogens with zero attached hydrogens (tertiary/aromatic N) is 1. The number of anilines is 1. The van der Waals surface area contributed by atoms with Crippen LogP contribution in [0.2, 0.25) is 0 Å². The van der Waals surface area contributed by atoms with Gasteiger partial charge >= 0.3 is 0 Å². The Labute approximate surface area is 182 Å². The molecule has 1 saturated heterocycles. The molecule has 6 nitrogen and oxygen atoms in total. The van der Waals surface area contributed by atoms with Crippen LogP contribution in [0.25, 0.3) is 0 Å². The monoisotopic (exact) mass is 420 g/mol. The number of ether oxygens (including phenoxy) is 1. The zero-order valence-electron chi connectivity index (χ0n) is 17.7. The average Bonchev–Trinajstić information content (AvgIpc) is 3.58. The lowest BCUT2D eigenvalue weighted by molar-refractivity contribution is -0.144. The lowest BCUT2D eigenvalue weighted by Gasteiger charge is -2.37. The van der Waals surface area contributed by atoms with Crippen LogP contribution in [-0.4, -0.2) is 35.8 Å². The van der Waals surface area contributed by atoms with Crippen molar-refractivity contribution in [3.63, 3.8) is 0 Å². The normalized spacial score (nSPS) is 39.8. The summed E-state index contributed by atoms with van der Waals surface area (Å²) in [5, 5.41) is 2.98. The standard InChI is InChI=1S/C25H28N2O4/c1-31-16-8-4-14(5-9-16)26-23(28)13-2-6-15(7-3-13)27-24(29)21-17-10-11-18(20-12-19(17)20)22(21)25(27)30/h4-5,8-11,13,15,17-22H,2-3,6-7,12H2,1H3,(H,26,28)/t13?,15?,17-,18-,19-,20-,21+,22+/m1/s1. The number of carbonyl (C=O) groups excluding carboxylic acids is 3. The lowest BCUT2D eigenvalue weighted by atomic mass is 9.63. The first kappa shape index (κ1) is 19.1. The fourth-order valence-electron chi connectivity index (χ4n) is 6.85. The minimum absolute atomic E-state index is 0.0127. The molecule has 5 aliphatic carbocycles. The minimum atomic E-state index is -0.123. The van der Waals surface area contributed by atoms with Gasteiger partial charge in [-0.05, 0) is 80.0 Å². The molecule has 3 amide bonds. The number of hydrogen-bond donors (Lipinski definition) is 1. The quantitative estimate of drug-likeness (QED) is 0.599. The number of allylic oxidation sites excluding steroid dienone is 2. The Hall–Kier alpha value is -2.63. The molecular formula is C25H28N2O4. The van der Waals surface area contributed by atoms with Crippen molar-refractivity contribution in [3.8, 4) is 5.75 Å². The molecule has 2 bridgehead atoms. The summed E-state index contributed by atoms with van der Waals surface area (Å²) < 4.78 is 5.15. The number of methoxy groups -OCH3 is 1. The zero-order chi connectivity index (χ0) is 21.3. The van der Waals surface area contributed by atoms with E-state index in [1.165, 1.54) is 6.42 Å². The number of rotatable bonds is 4. The maximum atomic E-state index is 13.3. The van der Waals surface area contributed by atoms with Crippen molar-refractivity contribution < 1.29 is 19.1 Å². The molecule has 0 aromatic heterocycles. The summed E-state index contributed by atoms with van der Waals surface area (Å²) in [6.07, 6.45) is 8.46. The topological polar surface area (TPSA) is 75.7 Å². The summed E-state index contributed by atoms with van der Waals surface area (Å²) in [5.74, 6) is 2.36. The Kier molecular flexibility index (Phi) is 4.27. The molecule has 4 fully saturated rings. The van der Waals surface area contributed by atoms with Crippen LogP contribution in [0.1, 0.15) is 32.1 Å². The highest BCUT2D eigenvalue weighted by Crippen LogP contribution is 2.65. The van der Waals surface area contributed by atoms with E-state index in [1.807, 2.05) is 24.3 Å². The molecule has 0 spiro atoms. The summed E-state index contributed by atoms with van der Waals surface area (Å²) in [6, 6.07) is 7.26. The molecule has 0 radical (unpaired) electrons. The highest BCUT2D eigenvalue weighted by molar-refractivity contribution is 6.06. The number of imide groups is 1. The van der Waals surface area contributed by atoms with E-state index in [0.717, 1.165) is 11.4 Å². The van der Waals surface area contributed by atoms with Crippen molar-refractivity contribution in [3.05, 3.63) is 36.4 Å². The fraction of sp³-hybridized carbons (Fsp3) is 0.560. The Bertz CT molecular complexity index is 926. The average molecular weight is 421 g/mol. The van der Waals surface area contributed by atoms with Gasteiger partial charge in [0.25, 0.3) is 0 Å². The van der Waals surface area contributed by atoms with Crippen LogP contribution >= 0.6 is 0 Å². The molecule has 0 unspecified atom stereocenters. The zero-order valence-corrected chi connectivity index (χ0v) is 17.7.